The summed E-state index contributed by atoms with van der Waals surface area (Å²) >= 11 is 0. The van der Waals surface area contributed by atoms with E-state index in [2.05, 4.69) is 10.1 Å². The van der Waals surface area contributed by atoms with E-state index in [0.717, 1.165) is 11.8 Å². The van der Waals surface area contributed by atoms with Gasteiger partial charge in [-0.15, -0.1) is 0 Å². The van der Waals surface area contributed by atoms with Gasteiger partial charge < -0.3 is 4.74 Å². The van der Waals surface area contributed by atoms with Crippen molar-refractivity contribution in [2.75, 3.05) is 7.11 Å². The van der Waals surface area contributed by atoms with E-state index in [0.29, 0.717) is 11.4 Å². The second-order valence-corrected chi connectivity index (χ2v) is 4.04. The Hall–Kier alpha value is -2.05. The number of halogens is 3. The summed E-state index contributed by atoms with van der Waals surface area (Å²) in [6, 6.07) is 4.35. The number of hydrogen-bond donors (Lipinski definition) is 0. The molecule has 0 aliphatic carbocycles. The van der Waals surface area contributed by atoms with Gasteiger partial charge in [-0.25, -0.2) is 0 Å². The molecule has 0 N–H and O–H groups in total. The molecule has 0 saturated carbocycles. The summed E-state index contributed by atoms with van der Waals surface area (Å²) in [5.41, 5.74) is 0.415. The number of nitrogens with zero attached hydrogens (tertiary/aromatic N) is 3. The predicted molar refractivity (Wildman–Crippen MR) is 61.9 cm³/mol. The second-order valence-electron chi connectivity index (χ2n) is 4.04. The first kappa shape index (κ1) is 13.4. The van der Waals surface area contributed by atoms with Crippen LogP contribution < -0.4 is 4.74 Å². The number of aromatic nitrogens is 3. The quantitative estimate of drug-likeness (QED) is 0.861. The molecule has 0 unspecified atom stereocenters. The molecule has 0 fully saturated rings. The molecule has 0 amide bonds. The standard InChI is InChI=1S/C12H12F3N3O/c1-8-5-10(19-2)6-9(16-8)7-18-4-3-11(17-18)12(13,14)15/h3-6H,7H2,1-2H3. The second kappa shape index (κ2) is 4.91. The Morgan fingerprint density at radius 1 is 1.32 bits per heavy atom. The van der Waals surface area contributed by atoms with Crippen molar-refractivity contribution in [2.24, 2.45) is 0 Å². The molecule has 2 rings (SSSR count). The SMILES string of the molecule is COc1cc(C)nc(Cn2ccc(C(F)(F)F)n2)c1. The van der Waals surface area contributed by atoms with E-state index in [1.807, 2.05) is 0 Å². The molecule has 0 bridgehead atoms. The lowest BCUT2D eigenvalue weighted by Gasteiger charge is -2.06. The summed E-state index contributed by atoms with van der Waals surface area (Å²) in [4.78, 5) is 4.23. The van der Waals surface area contributed by atoms with Crippen LogP contribution in [0.5, 0.6) is 5.75 Å². The van der Waals surface area contributed by atoms with Crippen molar-refractivity contribution >= 4 is 0 Å². The van der Waals surface area contributed by atoms with Crippen LogP contribution in [0.25, 0.3) is 0 Å². The molecule has 0 saturated heterocycles. The van der Waals surface area contributed by atoms with E-state index in [1.165, 1.54) is 18.0 Å². The van der Waals surface area contributed by atoms with Gasteiger partial charge in [0.2, 0.25) is 0 Å². The van der Waals surface area contributed by atoms with Gasteiger partial charge in [-0.1, -0.05) is 0 Å². The summed E-state index contributed by atoms with van der Waals surface area (Å²) in [6.07, 6.45) is -3.15. The fourth-order valence-corrected chi connectivity index (χ4v) is 1.67. The molecule has 0 aliphatic heterocycles. The highest BCUT2D eigenvalue weighted by atomic mass is 19.4. The Morgan fingerprint density at radius 2 is 2.05 bits per heavy atom. The summed E-state index contributed by atoms with van der Waals surface area (Å²) in [6.45, 7) is 1.95. The number of pyridine rings is 1. The minimum absolute atomic E-state index is 0.161. The van der Waals surface area contributed by atoms with Crippen LogP contribution in [0.3, 0.4) is 0 Å². The lowest BCUT2D eigenvalue weighted by atomic mass is 10.3. The number of ether oxygens (including phenoxy) is 1. The molecule has 0 aliphatic rings. The molecule has 2 aromatic heterocycles. The third-order valence-electron chi connectivity index (χ3n) is 2.47. The molecule has 0 atom stereocenters. The molecular weight excluding hydrogens is 259 g/mol. The lowest BCUT2D eigenvalue weighted by Crippen LogP contribution is -2.09. The van der Waals surface area contributed by atoms with Crippen molar-refractivity contribution < 1.29 is 17.9 Å². The first-order chi connectivity index (χ1) is 8.88. The highest BCUT2D eigenvalue weighted by Gasteiger charge is 2.33. The summed E-state index contributed by atoms with van der Waals surface area (Å²) in [5, 5.41) is 3.47. The van der Waals surface area contributed by atoms with Crippen LogP contribution in [-0.2, 0) is 12.7 Å². The van der Waals surface area contributed by atoms with Crippen molar-refractivity contribution in [3.63, 3.8) is 0 Å². The molecule has 0 spiro atoms. The lowest BCUT2D eigenvalue weighted by molar-refractivity contribution is -0.141. The Bertz CT molecular complexity index is 578. The zero-order chi connectivity index (χ0) is 14.0. The molecule has 102 valence electrons. The number of rotatable bonds is 3. The number of methoxy groups -OCH3 is 1. The third kappa shape index (κ3) is 3.24. The first-order valence-corrected chi connectivity index (χ1v) is 5.50. The van der Waals surface area contributed by atoms with E-state index >= 15 is 0 Å². The molecule has 4 nitrogen and oxygen atoms in total. The van der Waals surface area contributed by atoms with Crippen LogP contribution in [0.15, 0.2) is 24.4 Å². The van der Waals surface area contributed by atoms with Crippen molar-refractivity contribution in [3.05, 3.63) is 41.5 Å². The van der Waals surface area contributed by atoms with E-state index in [9.17, 15) is 13.2 Å². The van der Waals surface area contributed by atoms with Gasteiger partial charge in [0.05, 0.1) is 19.3 Å². The van der Waals surface area contributed by atoms with Crippen LogP contribution in [0.1, 0.15) is 17.1 Å². The zero-order valence-electron chi connectivity index (χ0n) is 10.4. The van der Waals surface area contributed by atoms with Gasteiger partial charge >= 0.3 is 6.18 Å². The highest BCUT2D eigenvalue weighted by molar-refractivity contribution is 5.26. The number of alkyl halides is 3. The summed E-state index contributed by atoms with van der Waals surface area (Å²) in [5.74, 6) is 0.616. The van der Waals surface area contributed by atoms with Crippen molar-refractivity contribution in [3.8, 4) is 5.75 Å². The average molecular weight is 271 g/mol. The normalized spacial score (nSPS) is 11.6. The van der Waals surface area contributed by atoms with Crippen LogP contribution in [0.4, 0.5) is 13.2 Å². The summed E-state index contributed by atoms with van der Waals surface area (Å²) in [7, 11) is 1.52. The van der Waals surface area contributed by atoms with Crippen LogP contribution in [0.2, 0.25) is 0 Å². The minimum atomic E-state index is -4.43. The van der Waals surface area contributed by atoms with E-state index in [4.69, 9.17) is 4.74 Å². The average Bonchev–Trinajstić information content (AvgIpc) is 2.76. The van der Waals surface area contributed by atoms with Crippen LogP contribution in [0, 0.1) is 6.92 Å². The van der Waals surface area contributed by atoms with E-state index < -0.39 is 11.9 Å². The fourth-order valence-electron chi connectivity index (χ4n) is 1.67. The molecule has 7 heteroatoms. The molecule has 2 heterocycles. The maximum Gasteiger partial charge on any atom is 0.435 e. The highest BCUT2D eigenvalue weighted by Crippen LogP contribution is 2.27. The van der Waals surface area contributed by atoms with Crippen molar-refractivity contribution in [1.82, 2.24) is 14.8 Å². The van der Waals surface area contributed by atoms with Gasteiger partial charge in [-0.3, -0.25) is 9.67 Å². The van der Waals surface area contributed by atoms with Gasteiger partial charge in [-0.05, 0) is 13.0 Å². The van der Waals surface area contributed by atoms with Crippen LogP contribution >= 0.6 is 0 Å². The van der Waals surface area contributed by atoms with Gasteiger partial charge in [0, 0.05) is 24.0 Å². The molecule has 2 aromatic rings. The van der Waals surface area contributed by atoms with Crippen molar-refractivity contribution in [2.45, 2.75) is 19.6 Å². The Morgan fingerprint density at radius 3 is 2.63 bits per heavy atom. The third-order valence-corrected chi connectivity index (χ3v) is 2.47. The Labute approximate surface area is 107 Å². The fraction of sp³-hybridized carbons (Fsp3) is 0.333. The maximum absolute atomic E-state index is 12.4. The molecular formula is C12H12F3N3O. The Kier molecular flexibility index (Phi) is 3.46. The Balaban J connectivity index is 2.21. The van der Waals surface area contributed by atoms with Crippen LogP contribution in [-0.4, -0.2) is 21.9 Å². The van der Waals surface area contributed by atoms with E-state index in [1.54, 1.807) is 19.1 Å². The smallest absolute Gasteiger partial charge is 0.435 e. The zero-order valence-corrected chi connectivity index (χ0v) is 10.4. The van der Waals surface area contributed by atoms with Crippen molar-refractivity contribution in [1.29, 1.82) is 0 Å². The largest absolute Gasteiger partial charge is 0.497 e. The molecule has 19 heavy (non-hydrogen) atoms. The van der Waals surface area contributed by atoms with Gasteiger partial charge in [0.15, 0.2) is 5.69 Å². The topological polar surface area (TPSA) is 39.9 Å². The monoisotopic (exact) mass is 271 g/mol. The summed E-state index contributed by atoms with van der Waals surface area (Å²) < 4.78 is 43.5. The van der Waals surface area contributed by atoms with Gasteiger partial charge in [-0.2, -0.15) is 18.3 Å². The van der Waals surface area contributed by atoms with Gasteiger partial charge in [0.1, 0.15) is 5.75 Å². The predicted octanol–water partition coefficient (Wildman–Crippen LogP) is 2.66. The number of hydrogen-bond acceptors (Lipinski definition) is 3. The molecule has 0 radical (unpaired) electrons. The number of aryl methyl sites for hydroxylation is 1. The van der Waals surface area contributed by atoms with Gasteiger partial charge in [0.25, 0.3) is 0 Å². The molecule has 0 aromatic carbocycles. The minimum Gasteiger partial charge on any atom is -0.497 e. The maximum atomic E-state index is 12.4. The first-order valence-electron chi connectivity index (χ1n) is 5.50. The van der Waals surface area contributed by atoms with E-state index in [-0.39, 0.29) is 6.54 Å².